The summed E-state index contributed by atoms with van der Waals surface area (Å²) in [5.74, 6) is -0.340. The Balaban J connectivity index is 3.71. The fraction of sp³-hybridized carbons (Fsp3) is 0.800. The van der Waals surface area contributed by atoms with E-state index in [4.69, 9.17) is 0 Å². The van der Waals surface area contributed by atoms with Crippen LogP contribution in [-0.4, -0.2) is 16.9 Å². The van der Waals surface area contributed by atoms with E-state index in [0.29, 0.717) is 0 Å². The van der Waals surface area contributed by atoms with Crippen LogP contribution in [0.5, 0.6) is 0 Å². The van der Waals surface area contributed by atoms with Gasteiger partial charge in [0.05, 0.1) is 5.92 Å². The maximum atomic E-state index is 11.0. The third kappa shape index (κ3) is 5.97. The zero-order chi connectivity index (χ0) is 10.3. The van der Waals surface area contributed by atoms with Crippen molar-refractivity contribution in [3.8, 4) is 0 Å². The summed E-state index contributed by atoms with van der Waals surface area (Å²) in [4.78, 5) is 22.0. The molecule has 0 saturated carbocycles. The van der Waals surface area contributed by atoms with Crippen LogP contribution in [-0.2, 0) is 9.59 Å². The predicted molar refractivity (Wildman–Crippen MR) is 57.1 cm³/mol. The number of Topliss-reactive ketones (excluding diaryl/α,β-unsaturated/α-hetero) is 2. The van der Waals surface area contributed by atoms with Crippen LogP contribution >= 0.6 is 15.9 Å². The molecule has 76 valence electrons. The smallest absolute Gasteiger partial charge is 0.140 e. The molecule has 0 aliphatic heterocycles. The van der Waals surface area contributed by atoms with Gasteiger partial charge in [-0.05, 0) is 26.7 Å². The molecule has 0 radical (unpaired) electrons. The van der Waals surface area contributed by atoms with Gasteiger partial charge in [-0.2, -0.15) is 0 Å². The van der Waals surface area contributed by atoms with Crippen molar-refractivity contribution < 1.29 is 9.59 Å². The van der Waals surface area contributed by atoms with Gasteiger partial charge in [0.2, 0.25) is 0 Å². The van der Waals surface area contributed by atoms with Gasteiger partial charge < -0.3 is 0 Å². The summed E-state index contributed by atoms with van der Waals surface area (Å²) in [5.41, 5.74) is 0. The van der Waals surface area contributed by atoms with Crippen LogP contribution in [0.2, 0.25) is 0 Å². The summed E-state index contributed by atoms with van der Waals surface area (Å²) >= 11 is 3.34. The second-order valence-corrected chi connectivity index (χ2v) is 4.11. The Morgan fingerprint density at radius 3 is 2.00 bits per heavy atom. The minimum atomic E-state index is -0.352. The molecule has 0 N–H and O–H groups in total. The van der Waals surface area contributed by atoms with Gasteiger partial charge in [-0.15, -0.1) is 0 Å². The number of carbonyl (C=O) groups excluding carboxylic acids is 2. The average molecular weight is 249 g/mol. The molecule has 0 heterocycles. The van der Waals surface area contributed by atoms with E-state index in [1.165, 1.54) is 13.8 Å². The maximum absolute atomic E-state index is 11.0. The van der Waals surface area contributed by atoms with Crippen molar-refractivity contribution in [2.24, 2.45) is 5.92 Å². The summed E-state index contributed by atoms with van der Waals surface area (Å²) in [6.45, 7) is 2.99. The molecule has 0 aliphatic carbocycles. The first-order valence-corrected chi connectivity index (χ1v) is 5.78. The number of halogens is 1. The lowest BCUT2D eigenvalue weighted by Gasteiger charge is -2.08. The van der Waals surface area contributed by atoms with Crippen LogP contribution in [0.1, 0.15) is 39.5 Å². The highest BCUT2D eigenvalue weighted by Crippen LogP contribution is 2.12. The molecular weight excluding hydrogens is 232 g/mol. The average Bonchev–Trinajstić information content (AvgIpc) is 2.02. The van der Waals surface area contributed by atoms with Crippen molar-refractivity contribution in [2.75, 3.05) is 5.33 Å². The van der Waals surface area contributed by atoms with Crippen molar-refractivity contribution in [2.45, 2.75) is 39.5 Å². The Bertz CT molecular complexity index is 164. The summed E-state index contributed by atoms with van der Waals surface area (Å²) in [6, 6.07) is 0. The molecule has 0 aromatic heterocycles. The van der Waals surface area contributed by atoms with Crippen LogP contribution in [0, 0.1) is 5.92 Å². The fourth-order valence-electron chi connectivity index (χ4n) is 1.31. The molecule has 3 heteroatoms. The predicted octanol–water partition coefficient (Wildman–Crippen LogP) is 2.74. The standard InChI is InChI=1S/C10H17BrO2/c1-8(12)10(9(2)13)6-4-3-5-7-11/h10H,3-7H2,1-2H3. The van der Waals surface area contributed by atoms with Gasteiger partial charge in [-0.3, -0.25) is 9.59 Å². The summed E-state index contributed by atoms with van der Waals surface area (Å²) in [7, 11) is 0. The molecule has 0 atom stereocenters. The topological polar surface area (TPSA) is 34.1 Å². The maximum Gasteiger partial charge on any atom is 0.140 e. The van der Waals surface area contributed by atoms with Gasteiger partial charge in [-0.1, -0.05) is 28.8 Å². The Kier molecular flexibility index (Phi) is 7.14. The highest BCUT2D eigenvalue weighted by Gasteiger charge is 2.18. The van der Waals surface area contributed by atoms with E-state index in [2.05, 4.69) is 15.9 Å². The van der Waals surface area contributed by atoms with Gasteiger partial charge in [0.15, 0.2) is 0 Å². The number of unbranched alkanes of at least 4 members (excludes halogenated alkanes) is 2. The SMILES string of the molecule is CC(=O)C(CCCCCBr)C(C)=O. The summed E-state index contributed by atoms with van der Waals surface area (Å²) < 4.78 is 0. The first-order chi connectivity index (χ1) is 6.09. The molecule has 0 rings (SSSR count). The number of carbonyl (C=O) groups is 2. The molecule has 0 aliphatic rings. The molecule has 2 nitrogen and oxygen atoms in total. The largest absolute Gasteiger partial charge is 0.299 e. The highest BCUT2D eigenvalue weighted by molar-refractivity contribution is 9.09. The van der Waals surface area contributed by atoms with Gasteiger partial charge in [0.1, 0.15) is 11.6 Å². The van der Waals surface area contributed by atoms with Gasteiger partial charge in [-0.25, -0.2) is 0 Å². The van der Waals surface area contributed by atoms with E-state index >= 15 is 0 Å². The number of hydrogen-bond donors (Lipinski definition) is 0. The van der Waals surface area contributed by atoms with E-state index < -0.39 is 0 Å². The molecule has 0 aromatic rings. The molecule has 0 amide bonds. The Morgan fingerprint density at radius 2 is 1.62 bits per heavy atom. The number of ketones is 2. The van der Waals surface area contributed by atoms with Crippen LogP contribution in [0.15, 0.2) is 0 Å². The second-order valence-electron chi connectivity index (χ2n) is 3.31. The van der Waals surface area contributed by atoms with E-state index in [9.17, 15) is 9.59 Å². The van der Waals surface area contributed by atoms with Crippen LogP contribution in [0.4, 0.5) is 0 Å². The van der Waals surface area contributed by atoms with Gasteiger partial charge >= 0.3 is 0 Å². The molecule has 0 saturated heterocycles. The third-order valence-electron chi connectivity index (χ3n) is 2.11. The second kappa shape index (κ2) is 7.25. The summed E-state index contributed by atoms with van der Waals surface area (Å²) in [5, 5.41) is 0.998. The van der Waals surface area contributed by atoms with Crippen molar-refractivity contribution in [1.82, 2.24) is 0 Å². The first kappa shape index (κ1) is 12.8. The lowest BCUT2D eigenvalue weighted by molar-refractivity contribution is -0.130. The Hall–Kier alpha value is -0.180. The van der Waals surface area contributed by atoms with Crippen LogP contribution in [0.25, 0.3) is 0 Å². The van der Waals surface area contributed by atoms with E-state index in [1.807, 2.05) is 0 Å². The molecule has 0 unspecified atom stereocenters. The number of rotatable bonds is 7. The molecule has 0 aromatic carbocycles. The Labute approximate surface area is 88.2 Å². The Morgan fingerprint density at radius 1 is 1.08 bits per heavy atom. The normalized spacial score (nSPS) is 10.5. The quantitative estimate of drug-likeness (QED) is 0.395. The highest BCUT2D eigenvalue weighted by atomic mass is 79.9. The number of hydrogen-bond acceptors (Lipinski definition) is 2. The molecule has 0 spiro atoms. The van der Waals surface area contributed by atoms with Gasteiger partial charge in [0.25, 0.3) is 0 Å². The van der Waals surface area contributed by atoms with Crippen molar-refractivity contribution in [3.63, 3.8) is 0 Å². The zero-order valence-electron chi connectivity index (χ0n) is 8.31. The van der Waals surface area contributed by atoms with Crippen LogP contribution in [0.3, 0.4) is 0 Å². The summed E-state index contributed by atoms with van der Waals surface area (Å²) in [6.07, 6.45) is 3.89. The lowest BCUT2D eigenvalue weighted by Crippen LogP contribution is -2.19. The van der Waals surface area contributed by atoms with Crippen LogP contribution < -0.4 is 0 Å². The molecule has 13 heavy (non-hydrogen) atoms. The fourth-order valence-corrected chi connectivity index (χ4v) is 1.71. The lowest BCUT2D eigenvalue weighted by atomic mass is 9.94. The third-order valence-corrected chi connectivity index (χ3v) is 2.67. The first-order valence-electron chi connectivity index (χ1n) is 4.66. The van der Waals surface area contributed by atoms with E-state index in [1.54, 1.807) is 0 Å². The molecule has 0 bridgehead atoms. The van der Waals surface area contributed by atoms with Crippen molar-refractivity contribution >= 4 is 27.5 Å². The van der Waals surface area contributed by atoms with Crippen molar-refractivity contribution in [1.29, 1.82) is 0 Å². The molecule has 0 fully saturated rings. The number of alkyl halides is 1. The minimum absolute atomic E-state index is 0.00587. The zero-order valence-corrected chi connectivity index (χ0v) is 9.89. The van der Waals surface area contributed by atoms with Gasteiger partial charge in [0, 0.05) is 5.33 Å². The van der Waals surface area contributed by atoms with Crippen molar-refractivity contribution in [3.05, 3.63) is 0 Å². The molecular formula is C10H17BrO2. The monoisotopic (exact) mass is 248 g/mol. The van der Waals surface area contributed by atoms with E-state index in [0.717, 1.165) is 31.0 Å². The minimum Gasteiger partial charge on any atom is -0.299 e. The van der Waals surface area contributed by atoms with E-state index in [-0.39, 0.29) is 17.5 Å².